The third-order valence-corrected chi connectivity index (χ3v) is 5.27. The molecule has 150 valence electrons. The van der Waals surface area contributed by atoms with Gasteiger partial charge >= 0.3 is 35.5 Å². The van der Waals surface area contributed by atoms with Gasteiger partial charge in [-0.1, -0.05) is 70.4 Å². The first-order valence-electron chi connectivity index (χ1n) is 10.7. The molecule has 0 bridgehead atoms. The molecule has 0 aromatic heterocycles. The van der Waals surface area contributed by atoms with Crippen LogP contribution in [0.2, 0.25) is 0 Å². The second-order valence-corrected chi connectivity index (χ2v) is 7.51. The van der Waals surface area contributed by atoms with Crippen LogP contribution < -0.4 is 34.7 Å². The van der Waals surface area contributed by atoms with Gasteiger partial charge in [-0.2, -0.15) is 0 Å². The maximum Gasteiger partial charge on any atom is 1.00 e. The summed E-state index contributed by atoms with van der Waals surface area (Å²) in [5, 5.41) is 11.1. The molecule has 0 radical (unpaired) electrons. The van der Waals surface area contributed by atoms with E-state index in [0.717, 1.165) is 32.1 Å². The fraction of sp³-hybridized carbons (Fsp3) is 0.818. The van der Waals surface area contributed by atoms with Gasteiger partial charge in [-0.25, -0.2) is 0 Å². The van der Waals surface area contributed by atoms with E-state index in [0.29, 0.717) is 19.4 Å². The van der Waals surface area contributed by atoms with E-state index in [1.165, 1.54) is 44.9 Å². The van der Waals surface area contributed by atoms with Crippen LogP contribution >= 0.6 is 0 Å². The van der Waals surface area contributed by atoms with E-state index in [1.54, 1.807) is 0 Å². The third-order valence-electron chi connectivity index (χ3n) is 5.27. The molecule has 27 heavy (non-hydrogen) atoms. The second kappa shape index (κ2) is 17.8. The fourth-order valence-corrected chi connectivity index (χ4v) is 3.63. The zero-order chi connectivity index (χ0) is 19.0. The van der Waals surface area contributed by atoms with Gasteiger partial charge in [0.2, 0.25) is 0 Å². The van der Waals surface area contributed by atoms with Gasteiger partial charge in [-0.3, -0.25) is 4.79 Å². The summed E-state index contributed by atoms with van der Waals surface area (Å²) in [6, 6.07) is 0. The van der Waals surface area contributed by atoms with Crippen LogP contribution in [-0.2, 0) is 14.3 Å². The number of rotatable bonds is 14. The van der Waals surface area contributed by atoms with Gasteiger partial charge in [0.05, 0.1) is 12.5 Å². The number of unbranched alkanes of at least 4 members (excludes halogenated alkanes) is 8. The Hall–Kier alpha value is -0.320. The van der Waals surface area contributed by atoms with Crippen molar-refractivity contribution >= 4 is 11.9 Å². The molecule has 2 atom stereocenters. The summed E-state index contributed by atoms with van der Waals surface area (Å²) in [6.45, 7) is 2.61. The zero-order valence-corrected chi connectivity index (χ0v) is 19.5. The van der Waals surface area contributed by atoms with E-state index in [4.69, 9.17) is 4.74 Å². The Bertz CT molecular complexity index is 423. The minimum absolute atomic E-state index is 0. The molecule has 0 aromatic carbocycles. The van der Waals surface area contributed by atoms with E-state index in [1.807, 2.05) is 0 Å². The minimum Gasteiger partial charge on any atom is -0.550 e. The molecule has 0 spiro atoms. The molecule has 0 N–H and O–H groups in total. The topological polar surface area (TPSA) is 66.4 Å². The van der Waals surface area contributed by atoms with Gasteiger partial charge in [-0.15, -0.1) is 0 Å². The smallest absolute Gasteiger partial charge is 0.550 e. The number of carbonyl (C=O) groups is 2. The van der Waals surface area contributed by atoms with Crippen molar-refractivity contribution in [2.24, 2.45) is 11.8 Å². The number of hydrogen-bond acceptors (Lipinski definition) is 4. The molecule has 0 heterocycles. The largest absolute Gasteiger partial charge is 1.00 e. The first-order valence-corrected chi connectivity index (χ1v) is 10.7. The third kappa shape index (κ3) is 12.7. The predicted octanol–water partition coefficient (Wildman–Crippen LogP) is 1.57. The summed E-state index contributed by atoms with van der Waals surface area (Å²) >= 11 is 0. The van der Waals surface area contributed by atoms with E-state index in [-0.39, 0.29) is 35.5 Å². The van der Waals surface area contributed by atoms with Crippen molar-refractivity contribution in [3.63, 3.8) is 0 Å². The van der Waals surface area contributed by atoms with Crippen LogP contribution in [0.4, 0.5) is 0 Å². The molecule has 1 aliphatic rings. The quantitative estimate of drug-likeness (QED) is 0.196. The average Bonchev–Trinajstić information content (AvgIpc) is 2.65. The summed E-state index contributed by atoms with van der Waals surface area (Å²) in [4.78, 5) is 23.2. The van der Waals surface area contributed by atoms with Crippen molar-refractivity contribution in [1.82, 2.24) is 0 Å². The molecule has 0 amide bonds. The van der Waals surface area contributed by atoms with Crippen LogP contribution in [0.25, 0.3) is 0 Å². The molecule has 1 saturated carbocycles. The van der Waals surface area contributed by atoms with E-state index in [9.17, 15) is 14.7 Å². The summed E-state index contributed by atoms with van der Waals surface area (Å²) in [5.74, 6) is -2.65. The number of hydrogen-bond donors (Lipinski definition) is 0. The average molecular weight is 389 g/mol. The molecule has 5 heteroatoms. The van der Waals surface area contributed by atoms with Crippen LogP contribution in [0.5, 0.6) is 0 Å². The summed E-state index contributed by atoms with van der Waals surface area (Å²) in [7, 11) is 0. The van der Waals surface area contributed by atoms with Crippen molar-refractivity contribution in [2.75, 3.05) is 6.61 Å². The SMILES string of the molecule is CCCCCCCCC/C=C/CCCOC(=O)C1CCCCC1C(=O)[O-].[Na+]. The van der Waals surface area contributed by atoms with Crippen LogP contribution in [0.1, 0.15) is 96.8 Å². The molecule has 0 saturated heterocycles. The van der Waals surface area contributed by atoms with Crippen molar-refractivity contribution < 1.29 is 49.0 Å². The maximum atomic E-state index is 12.1. The molecule has 2 unspecified atom stereocenters. The van der Waals surface area contributed by atoms with Gasteiger partial charge in [0.15, 0.2) is 0 Å². The number of allylic oxidation sites excluding steroid dienone is 2. The van der Waals surface area contributed by atoms with E-state index < -0.39 is 17.8 Å². The van der Waals surface area contributed by atoms with Gasteiger partial charge in [0.25, 0.3) is 0 Å². The van der Waals surface area contributed by atoms with Crippen molar-refractivity contribution in [1.29, 1.82) is 0 Å². The Morgan fingerprint density at radius 1 is 0.889 bits per heavy atom. The second-order valence-electron chi connectivity index (χ2n) is 7.51. The molecule has 1 aliphatic carbocycles. The Kier molecular flexibility index (Phi) is 17.5. The number of carbonyl (C=O) groups excluding carboxylic acids is 2. The normalized spacial score (nSPS) is 19.6. The number of carboxylic acids is 1. The van der Waals surface area contributed by atoms with Crippen LogP contribution in [0.15, 0.2) is 12.2 Å². The summed E-state index contributed by atoms with van der Waals surface area (Å²) in [5.41, 5.74) is 0. The monoisotopic (exact) mass is 388 g/mol. The number of aliphatic carboxylic acids is 1. The van der Waals surface area contributed by atoms with Crippen LogP contribution in [0.3, 0.4) is 0 Å². The van der Waals surface area contributed by atoms with Gasteiger partial charge in [0, 0.05) is 11.9 Å². The number of carboxylic acid groups (broad SMARTS) is 1. The van der Waals surface area contributed by atoms with Crippen molar-refractivity contribution in [3.8, 4) is 0 Å². The molecule has 0 aromatic rings. The Labute approximate surface area is 187 Å². The predicted molar refractivity (Wildman–Crippen MR) is 102 cm³/mol. The number of ether oxygens (including phenoxy) is 1. The van der Waals surface area contributed by atoms with Crippen molar-refractivity contribution in [3.05, 3.63) is 12.2 Å². The molecule has 1 fully saturated rings. The number of esters is 1. The van der Waals surface area contributed by atoms with Crippen molar-refractivity contribution in [2.45, 2.75) is 96.8 Å². The van der Waals surface area contributed by atoms with Crippen LogP contribution in [-0.4, -0.2) is 18.5 Å². The molecule has 1 rings (SSSR count). The standard InChI is InChI=1S/C22H38O4.Na/c1-2-3-4-5-6-7-8-9-10-11-12-15-18-26-22(25)20-17-14-13-16-19(20)21(23)24;/h10-11,19-20H,2-9,12-18H2,1H3,(H,23,24);/q;+1/p-1/b11-10+;. The maximum absolute atomic E-state index is 12.1. The fourth-order valence-electron chi connectivity index (χ4n) is 3.63. The van der Waals surface area contributed by atoms with Crippen LogP contribution in [0, 0.1) is 11.8 Å². The van der Waals surface area contributed by atoms with Gasteiger partial charge in [-0.05, 0) is 38.5 Å². The molecular weight excluding hydrogens is 351 g/mol. The molecular formula is C22H37NaO4. The van der Waals surface area contributed by atoms with E-state index >= 15 is 0 Å². The first-order chi connectivity index (χ1) is 12.7. The Morgan fingerprint density at radius 3 is 2.07 bits per heavy atom. The summed E-state index contributed by atoms with van der Waals surface area (Å²) in [6.07, 6.45) is 19.4. The van der Waals surface area contributed by atoms with Gasteiger partial charge < -0.3 is 14.6 Å². The molecule has 4 nitrogen and oxygen atoms in total. The first kappa shape index (κ1) is 26.7. The minimum atomic E-state index is -1.11. The van der Waals surface area contributed by atoms with Gasteiger partial charge in [0.1, 0.15) is 0 Å². The zero-order valence-electron chi connectivity index (χ0n) is 17.5. The van der Waals surface area contributed by atoms with E-state index in [2.05, 4.69) is 19.1 Å². The Balaban J connectivity index is 0.00000676. The summed E-state index contributed by atoms with van der Waals surface area (Å²) < 4.78 is 5.29. The molecule has 0 aliphatic heterocycles. The Morgan fingerprint density at radius 2 is 1.44 bits per heavy atom.